The molecule has 2 saturated heterocycles. The zero-order chi connectivity index (χ0) is 18.7. The fourth-order valence-corrected chi connectivity index (χ4v) is 3.91. The van der Waals surface area contributed by atoms with Gasteiger partial charge < -0.3 is 14.9 Å². The average Bonchev–Trinajstić information content (AvgIpc) is 2.64. The Morgan fingerprint density at radius 1 is 1.08 bits per heavy atom. The molecule has 0 radical (unpaired) electrons. The Bertz CT molecular complexity index is 670. The van der Waals surface area contributed by atoms with E-state index in [0.717, 1.165) is 19.6 Å². The van der Waals surface area contributed by atoms with Crippen LogP contribution in [0.3, 0.4) is 0 Å². The third-order valence-corrected chi connectivity index (χ3v) is 5.63. The first-order valence-corrected chi connectivity index (χ1v) is 9.43. The number of amides is 2. The van der Waals surface area contributed by atoms with E-state index in [-0.39, 0.29) is 18.4 Å². The zero-order valence-electron chi connectivity index (χ0n) is 15.8. The van der Waals surface area contributed by atoms with E-state index in [2.05, 4.69) is 30.0 Å². The topological polar surface area (TPSA) is 64.1 Å². The number of likely N-dealkylation sites (tertiary alicyclic amines) is 1. The van der Waals surface area contributed by atoms with Gasteiger partial charge in [0, 0.05) is 46.2 Å². The van der Waals surface area contributed by atoms with Crippen molar-refractivity contribution in [3.05, 3.63) is 35.4 Å². The van der Waals surface area contributed by atoms with Gasteiger partial charge in [0.1, 0.15) is 0 Å². The highest BCUT2D eigenvalue weighted by Gasteiger charge is 2.43. The maximum Gasteiger partial charge on any atom is 0.256 e. The molecule has 0 bridgehead atoms. The lowest BCUT2D eigenvalue weighted by molar-refractivity contribution is -0.161. The summed E-state index contributed by atoms with van der Waals surface area (Å²) in [4.78, 5) is 30.2. The maximum atomic E-state index is 12.9. The molecule has 2 aliphatic rings. The summed E-state index contributed by atoms with van der Waals surface area (Å²) < 4.78 is 0. The number of aryl methyl sites for hydroxylation is 1. The highest BCUT2D eigenvalue weighted by atomic mass is 16.3. The molecule has 1 aromatic rings. The molecule has 0 aromatic heterocycles. The molecule has 1 unspecified atom stereocenters. The molecule has 6 heteroatoms. The highest BCUT2D eigenvalue weighted by Crippen LogP contribution is 2.24. The summed E-state index contributed by atoms with van der Waals surface area (Å²) in [5.41, 5.74) is 1.17. The molecule has 2 aliphatic heterocycles. The fraction of sp³-hybridized carbons (Fsp3) is 0.600. The molecule has 1 aromatic carbocycles. The molecule has 142 valence electrons. The minimum Gasteiger partial charge on any atom is -0.378 e. The van der Waals surface area contributed by atoms with Crippen LogP contribution < -0.4 is 0 Å². The van der Waals surface area contributed by atoms with Crippen molar-refractivity contribution in [1.29, 1.82) is 0 Å². The quantitative estimate of drug-likeness (QED) is 0.875. The van der Waals surface area contributed by atoms with Crippen molar-refractivity contribution in [2.24, 2.45) is 0 Å². The van der Waals surface area contributed by atoms with Crippen LogP contribution in [0, 0.1) is 6.92 Å². The molecule has 0 aliphatic carbocycles. The lowest BCUT2D eigenvalue weighted by Crippen LogP contribution is -2.61. The second-order valence-corrected chi connectivity index (χ2v) is 7.57. The van der Waals surface area contributed by atoms with Crippen LogP contribution in [0.1, 0.15) is 30.9 Å². The lowest BCUT2D eigenvalue weighted by Gasteiger charge is -2.43. The normalized spacial score (nSPS) is 24.6. The Morgan fingerprint density at radius 3 is 2.42 bits per heavy atom. The molecule has 6 nitrogen and oxygen atoms in total. The number of hydrogen-bond donors (Lipinski definition) is 1. The van der Waals surface area contributed by atoms with Gasteiger partial charge in [-0.25, -0.2) is 0 Å². The van der Waals surface area contributed by atoms with Crippen molar-refractivity contribution >= 4 is 11.8 Å². The van der Waals surface area contributed by atoms with Crippen LogP contribution in [-0.2, 0) is 16.1 Å². The predicted molar refractivity (Wildman–Crippen MR) is 99.5 cm³/mol. The molecule has 3 rings (SSSR count). The number of aliphatic hydroxyl groups is 1. The molecule has 0 saturated carbocycles. The molecule has 2 amide bonds. The van der Waals surface area contributed by atoms with Gasteiger partial charge in [0.05, 0.1) is 6.54 Å². The average molecular weight is 359 g/mol. The maximum absolute atomic E-state index is 12.9. The van der Waals surface area contributed by atoms with E-state index in [1.165, 1.54) is 18.1 Å². The molecule has 1 atom stereocenters. The number of piperidine rings is 1. The Balaban J connectivity index is 1.56. The predicted octanol–water partition coefficient (Wildman–Crippen LogP) is 1.01. The van der Waals surface area contributed by atoms with Gasteiger partial charge in [0.15, 0.2) is 5.60 Å². The van der Waals surface area contributed by atoms with Gasteiger partial charge in [0.25, 0.3) is 5.91 Å². The van der Waals surface area contributed by atoms with Gasteiger partial charge in [-0.2, -0.15) is 0 Å². The number of β-amino-alcohol motifs (C(OH)–C–C–N with tert-alkyl or cyclic N) is 1. The minimum atomic E-state index is -1.43. The van der Waals surface area contributed by atoms with Crippen LogP contribution in [0.5, 0.6) is 0 Å². The van der Waals surface area contributed by atoms with Crippen molar-refractivity contribution < 1.29 is 14.7 Å². The third-order valence-electron chi connectivity index (χ3n) is 5.63. The molecule has 1 N–H and O–H groups in total. The standard InChI is InChI=1S/C20H29N3O3/c1-16-6-3-4-7-18(16)14-21-10-12-22(13-11-21)19(25)20(26)8-5-9-23(15-20)17(2)24/h3-4,6-7,26H,5,8-15H2,1-2H3. The summed E-state index contributed by atoms with van der Waals surface area (Å²) >= 11 is 0. The number of carbonyl (C=O) groups is 2. The van der Waals surface area contributed by atoms with Crippen molar-refractivity contribution in [3.8, 4) is 0 Å². The van der Waals surface area contributed by atoms with Crippen LogP contribution in [0.25, 0.3) is 0 Å². The van der Waals surface area contributed by atoms with Crippen molar-refractivity contribution in [1.82, 2.24) is 14.7 Å². The van der Waals surface area contributed by atoms with E-state index in [0.29, 0.717) is 32.5 Å². The van der Waals surface area contributed by atoms with Gasteiger partial charge >= 0.3 is 0 Å². The van der Waals surface area contributed by atoms with Gasteiger partial charge in [-0.3, -0.25) is 14.5 Å². The first-order chi connectivity index (χ1) is 12.4. The number of rotatable bonds is 3. The summed E-state index contributed by atoms with van der Waals surface area (Å²) in [5, 5.41) is 10.9. The van der Waals surface area contributed by atoms with E-state index in [4.69, 9.17) is 0 Å². The van der Waals surface area contributed by atoms with Crippen LogP contribution in [-0.4, -0.2) is 76.5 Å². The van der Waals surface area contributed by atoms with Gasteiger partial charge in [-0.1, -0.05) is 24.3 Å². The molecule has 0 spiro atoms. The monoisotopic (exact) mass is 359 g/mol. The van der Waals surface area contributed by atoms with E-state index in [1.54, 1.807) is 9.80 Å². The summed E-state index contributed by atoms with van der Waals surface area (Å²) in [6.45, 7) is 8.06. The summed E-state index contributed by atoms with van der Waals surface area (Å²) in [6, 6.07) is 8.37. The summed E-state index contributed by atoms with van der Waals surface area (Å²) in [6.07, 6.45) is 1.09. The first-order valence-electron chi connectivity index (χ1n) is 9.43. The van der Waals surface area contributed by atoms with Crippen LogP contribution in [0.4, 0.5) is 0 Å². The zero-order valence-corrected chi connectivity index (χ0v) is 15.8. The first kappa shape index (κ1) is 18.9. The number of carbonyl (C=O) groups excluding carboxylic acids is 2. The largest absolute Gasteiger partial charge is 0.378 e. The van der Waals surface area contributed by atoms with Crippen LogP contribution in [0.2, 0.25) is 0 Å². The summed E-state index contributed by atoms with van der Waals surface area (Å²) in [7, 11) is 0. The summed E-state index contributed by atoms with van der Waals surface area (Å²) in [5.74, 6) is -0.307. The second-order valence-electron chi connectivity index (χ2n) is 7.57. The Labute approximate surface area is 155 Å². The Morgan fingerprint density at radius 2 is 1.77 bits per heavy atom. The van der Waals surface area contributed by atoms with Gasteiger partial charge in [-0.05, 0) is 30.9 Å². The van der Waals surface area contributed by atoms with Crippen LogP contribution >= 0.6 is 0 Å². The number of hydrogen-bond acceptors (Lipinski definition) is 4. The van der Waals surface area contributed by atoms with E-state index < -0.39 is 5.60 Å². The number of piperazine rings is 1. The van der Waals surface area contributed by atoms with Gasteiger partial charge in [-0.15, -0.1) is 0 Å². The molecular weight excluding hydrogens is 330 g/mol. The van der Waals surface area contributed by atoms with Crippen LogP contribution in [0.15, 0.2) is 24.3 Å². The Hall–Kier alpha value is -1.92. The fourth-order valence-electron chi connectivity index (χ4n) is 3.91. The Kier molecular flexibility index (Phi) is 5.63. The van der Waals surface area contributed by atoms with Crippen molar-refractivity contribution in [2.75, 3.05) is 39.3 Å². The minimum absolute atomic E-state index is 0.0843. The lowest BCUT2D eigenvalue weighted by atomic mass is 9.91. The SMILES string of the molecule is CC(=O)N1CCCC(O)(C(=O)N2CCN(Cc3ccccc3C)CC2)C1. The van der Waals surface area contributed by atoms with Crippen molar-refractivity contribution in [2.45, 2.75) is 38.8 Å². The molecular formula is C20H29N3O3. The molecule has 2 fully saturated rings. The number of nitrogens with zero attached hydrogens (tertiary/aromatic N) is 3. The smallest absolute Gasteiger partial charge is 0.256 e. The van der Waals surface area contributed by atoms with E-state index in [1.807, 2.05) is 6.07 Å². The second kappa shape index (κ2) is 7.76. The molecule has 26 heavy (non-hydrogen) atoms. The van der Waals surface area contributed by atoms with Gasteiger partial charge in [0.2, 0.25) is 5.91 Å². The van der Waals surface area contributed by atoms with E-state index in [9.17, 15) is 14.7 Å². The molecule has 2 heterocycles. The van der Waals surface area contributed by atoms with E-state index >= 15 is 0 Å². The third kappa shape index (κ3) is 4.07. The highest BCUT2D eigenvalue weighted by molar-refractivity contribution is 5.86. The number of benzene rings is 1. The van der Waals surface area contributed by atoms with Crippen molar-refractivity contribution in [3.63, 3.8) is 0 Å².